The summed E-state index contributed by atoms with van der Waals surface area (Å²) in [4.78, 5) is 0. The van der Waals surface area contributed by atoms with Crippen molar-refractivity contribution in [2.45, 2.75) is 125 Å². The van der Waals surface area contributed by atoms with Crippen LogP contribution in [0.4, 0.5) is 0 Å². The molecule has 0 heterocycles. The Balaban J connectivity index is 2.02. The molecule has 0 aromatic heterocycles. The quantitative estimate of drug-likeness (QED) is 0.155. The van der Waals surface area contributed by atoms with Gasteiger partial charge in [-0.1, -0.05) is 0 Å². The van der Waals surface area contributed by atoms with Gasteiger partial charge in [-0.15, -0.1) is 0 Å². The van der Waals surface area contributed by atoms with Gasteiger partial charge in [0.15, 0.2) is 0 Å². The Morgan fingerprint density at radius 2 is 0.950 bits per heavy atom. The molecule has 0 N–H and O–H groups in total. The van der Waals surface area contributed by atoms with E-state index in [9.17, 15) is 0 Å². The molecule has 0 spiro atoms. The summed E-state index contributed by atoms with van der Waals surface area (Å²) in [6.45, 7) is 11.0. The summed E-state index contributed by atoms with van der Waals surface area (Å²) >= 11 is -4.59. The fourth-order valence-corrected chi connectivity index (χ4v) is 49.2. The van der Waals surface area contributed by atoms with Gasteiger partial charge in [-0.3, -0.25) is 0 Å². The maximum atomic E-state index is 8.68. The van der Waals surface area contributed by atoms with Crippen LogP contribution in [-0.4, -0.2) is 6.65 Å². The van der Waals surface area contributed by atoms with E-state index < -0.39 is 22.2 Å². The van der Waals surface area contributed by atoms with Crippen LogP contribution in [0.3, 0.4) is 0 Å². The molecule has 2 aromatic carbocycles. The number of fused-ring (bicyclic) bond motifs is 2. The summed E-state index contributed by atoms with van der Waals surface area (Å²) < 4.78 is 0.539. The molecule has 2 aliphatic rings. The third-order valence-corrected chi connectivity index (χ3v) is 47.7. The van der Waals surface area contributed by atoms with E-state index in [1.54, 1.807) is 22.3 Å². The van der Waals surface area contributed by atoms with Crippen molar-refractivity contribution in [3.8, 4) is 0 Å². The van der Waals surface area contributed by atoms with Gasteiger partial charge in [0.05, 0.1) is 0 Å². The molecular formula is C36H53Cl2SiZr. The number of rotatable bonds is 16. The van der Waals surface area contributed by atoms with Crippen molar-refractivity contribution in [1.29, 1.82) is 0 Å². The number of allylic oxidation sites excluding steroid dienone is 4. The number of halogens is 2. The van der Waals surface area contributed by atoms with Gasteiger partial charge < -0.3 is 0 Å². The van der Waals surface area contributed by atoms with E-state index in [1.807, 2.05) is 0 Å². The Morgan fingerprint density at radius 1 is 0.575 bits per heavy atom. The molecule has 0 saturated heterocycles. The van der Waals surface area contributed by atoms with Crippen LogP contribution in [-0.2, 0) is 15.6 Å². The van der Waals surface area contributed by atoms with Crippen LogP contribution in [0.2, 0.25) is 6.04 Å². The van der Waals surface area contributed by atoms with Gasteiger partial charge in [0.2, 0.25) is 0 Å². The van der Waals surface area contributed by atoms with Gasteiger partial charge in [0.25, 0.3) is 0 Å². The zero-order chi connectivity index (χ0) is 28.8. The summed E-state index contributed by atoms with van der Waals surface area (Å²) in [5, 5.41) is 0. The number of hydrogen-bond acceptors (Lipinski definition) is 0. The van der Waals surface area contributed by atoms with Crippen molar-refractivity contribution >= 4 is 34.8 Å². The minimum absolute atomic E-state index is 0.270. The first-order valence-electron chi connectivity index (χ1n) is 16.6. The van der Waals surface area contributed by atoms with Crippen molar-refractivity contribution in [2.75, 3.05) is 0 Å². The third kappa shape index (κ3) is 6.14. The molecule has 0 fully saturated rings. The SMILES string of the molecule is CCCCC1=C(CCCC)[CH]([Zr]([Cl])([Cl])([SiH2]CC)[CH]2C(CCCC)=C(CCCC)c3ccccc32)c2ccccc21. The second kappa shape index (κ2) is 14.4. The summed E-state index contributed by atoms with van der Waals surface area (Å²) in [6.07, 6.45) is 14.4. The van der Waals surface area contributed by atoms with E-state index in [0.29, 0.717) is 0 Å². The molecule has 0 aliphatic heterocycles. The molecule has 40 heavy (non-hydrogen) atoms. The van der Waals surface area contributed by atoms with E-state index in [0.717, 1.165) is 25.7 Å². The van der Waals surface area contributed by atoms with Gasteiger partial charge in [-0.25, -0.2) is 0 Å². The summed E-state index contributed by atoms with van der Waals surface area (Å²) in [6, 6.07) is 19.8. The van der Waals surface area contributed by atoms with Crippen molar-refractivity contribution in [3.63, 3.8) is 0 Å². The van der Waals surface area contributed by atoms with E-state index in [4.69, 9.17) is 17.0 Å². The average Bonchev–Trinajstić information content (AvgIpc) is 3.46. The van der Waals surface area contributed by atoms with Crippen molar-refractivity contribution < 1.29 is 15.6 Å². The molecule has 2 atom stereocenters. The van der Waals surface area contributed by atoms with E-state index >= 15 is 0 Å². The Hall–Kier alpha value is -0.400. The molecule has 2 aromatic rings. The van der Waals surface area contributed by atoms with Crippen molar-refractivity contribution in [3.05, 3.63) is 81.9 Å². The first-order chi connectivity index (χ1) is 19.4. The van der Waals surface area contributed by atoms with Crippen LogP contribution in [0.25, 0.3) is 11.1 Å². The topological polar surface area (TPSA) is 0 Å². The Bertz CT molecular complexity index is 1140. The summed E-state index contributed by atoms with van der Waals surface area (Å²) in [5.74, 6) is 0. The third-order valence-electron chi connectivity index (χ3n) is 9.73. The zero-order valence-electron chi connectivity index (χ0n) is 25.9. The van der Waals surface area contributed by atoms with Gasteiger partial charge in [-0.2, -0.15) is 0 Å². The standard InChI is InChI=1S/2C17H23.C2H7Si.2ClH.Zr/c2*1-3-5-9-14-13-15-10-7-8-12-17(15)16(14)11-6-4-2;1-2-3;;;/h2*7-8,10,12-13H,3-6,9,11H2,1-2H3;2-3H2,1H3;2*1H;/q;;;;;+2/p-2. The van der Waals surface area contributed by atoms with Gasteiger partial charge in [0, 0.05) is 0 Å². The predicted molar refractivity (Wildman–Crippen MR) is 181 cm³/mol. The van der Waals surface area contributed by atoms with E-state index in [2.05, 4.69) is 83.1 Å². The Labute approximate surface area is 255 Å². The van der Waals surface area contributed by atoms with Crippen molar-refractivity contribution in [1.82, 2.24) is 0 Å². The Morgan fingerprint density at radius 3 is 1.32 bits per heavy atom. The fourth-order valence-electron chi connectivity index (χ4n) is 8.02. The second-order valence-corrected chi connectivity index (χ2v) is 53.2. The molecule has 4 heteroatoms. The van der Waals surface area contributed by atoms with Gasteiger partial charge in [-0.05, 0) is 0 Å². The zero-order valence-corrected chi connectivity index (χ0v) is 31.3. The predicted octanol–water partition coefficient (Wildman–Crippen LogP) is 12.3. The second-order valence-electron chi connectivity index (χ2n) is 12.6. The van der Waals surface area contributed by atoms with Gasteiger partial charge in [0.1, 0.15) is 0 Å². The average molecular weight is 676 g/mol. The number of benzene rings is 2. The summed E-state index contributed by atoms with van der Waals surface area (Å²) in [5.41, 5.74) is 12.5. The van der Waals surface area contributed by atoms with Crippen LogP contribution < -0.4 is 0 Å². The van der Waals surface area contributed by atoms with Crippen LogP contribution in [0.5, 0.6) is 0 Å². The minimum atomic E-state index is -4.59. The monoisotopic (exact) mass is 673 g/mol. The van der Waals surface area contributed by atoms with Crippen molar-refractivity contribution in [2.24, 2.45) is 0 Å². The normalized spacial score (nSPS) is 19.9. The molecule has 0 bridgehead atoms. The number of unbranched alkanes of at least 4 members (excludes halogenated alkanes) is 4. The molecule has 0 radical (unpaired) electrons. The molecule has 2 unspecified atom stereocenters. The summed E-state index contributed by atoms with van der Waals surface area (Å²) in [7, 11) is 17.4. The molecule has 219 valence electrons. The fraction of sp³-hybridized carbons (Fsp3) is 0.556. The Kier molecular flexibility index (Phi) is 11.7. The van der Waals surface area contributed by atoms with E-state index in [-0.39, 0.29) is 7.25 Å². The molecular weight excluding hydrogens is 623 g/mol. The molecule has 2 aliphatic carbocycles. The van der Waals surface area contributed by atoms with E-state index in [1.165, 1.54) is 79.7 Å². The van der Waals surface area contributed by atoms with Crippen LogP contribution >= 0.6 is 17.0 Å². The first-order valence-corrected chi connectivity index (χ1v) is 32.7. The number of hydrogen-bond donors (Lipinski definition) is 0. The first kappa shape index (κ1) is 32.5. The molecule has 4 rings (SSSR count). The van der Waals surface area contributed by atoms with Crippen LogP contribution in [0.15, 0.2) is 59.7 Å². The molecule has 0 nitrogen and oxygen atoms in total. The molecule has 0 amide bonds. The van der Waals surface area contributed by atoms with Gasteiger partial charge >= 0.3 is 257 Å². The molecule has 0 saturated carbocycles. The van der Waals surface area contributed by atoms with Crippen LogP contribution in [0, 0.1) is 0 Å². The maximum absolute atomic E-state index is 8.68. The van der Waals surface area contributed by atoms with Crippen LogP contribution in [0.1, 0.15) is 141 Å².